The van der Waals surface area contributed by atoms with Gasteiger partial charge in [0.05, 0.1) is 6.10 Å². The van der Waals surface area contributed by atoms with Crippen LogP contribution < -0.4 is 4.74 Å². The quantitative estimate of drug-likeness (QED) is 0.166. The fourth-order valence-corrected chi connectivity index (χ4v) is 12.0. The van der Waals surface area contributed by atoms with Crippen molar-refractivity contribution in [2.24, 2.45) is 47.3 Å². The van der Waals surface area contributed by atoms with Crippen molar-refractivity contribution in [3.8, 4) is 5.75 Å². The van der Waals surface area contributed by atoms with Gasteiger partial charge in [0, 0.05) is 36.1 Å². The van der Waals surface area contributed by atoms with Gasteiger partial charge in [-0.2, -0.15) is 0 Å². The number of ether oxygens (including phenoxy) is 6. The monoisotopic (exact) mass is 732 g/mol. The molecule has 1 aromatic rings. The first-order valence-electron chi connectivity index (χ1n) is 19.4. The van der Waals surface area contributed by atoms with E-state index in [1.54, 1.807) is 24.3 Å². The Morgan fingerprint density at radius 2 is 1.29 bits per heavy atom. The summed E-state index contributed by atoms with van der Waals surface area (Å²) < 4.78 is 39.5. The number of carbonyl (C=O) groups excluding carboxylic acids is 1. The summed E-state index contributed by atoms with van der Waals surface area (Å²) in [4.78, 5) is 38.6. The molecule has 2 saturated carbocycles. The zero-order valence-electron chi connectivity index (χ0n) is 30.5. The van der Waals surface area contributed by atoms with Crippen LogP contribution in [0.5, 0.6) is 5.75 Å². The highest BCUT2D eigenvalue weighted by Gasteiger charge is 2.72. The first-order valence-corrected chi connectivity index (χ1v) is 19.8. The van der Waals surface area contributed by atoms with Gasteiger partial charge >= 0.3 is 6.16 Å². The Morgan fingerprint density at radius 3 is 1.88 bits per heavy atom. The molecule has 10 fully saturated rings. The molecule has 0 radical (unpaired) electrons. The minimum absolute atomic E-state index is 0.0511. The number of carbonyl (C=O) groups is 1. The van der Waals surface area contributed by atoms with E-state index < -0.39 is 53.7 Å². The average molecular weight is 733 g/mol. The number of halogens is 1. The van der Waals surface area contributed by atoms with Crippen LogP contribution in [0.15, 0.2) is 24.3 Å². The fourth-order valence-electron chi connectivity index (χ4n) is 11.8. The third-order valence-electron chi connectivity index (χ3n) is 14.6. The Balaban J connectivity index is 1.04. The van der Waals surface area contributed by atoms with Gasteiger partial charge in [0.1, 0.15) is 18.0 Å². The molecule has 2 aliphatic carbocycles. The van der Waals surface area contributed by atoms with Crippen LogP contribution in [-0.2, 0) is 43.2 Å². The molecule has 12 heteroatoms. The lowest BCUT2D eigenvalue weighted by Crippen LogP contribution is -2.72. The minimum Gasteiger partial charge on any atom is -0.428 e. The summed E-state index contributed by atoms with van der Waals surface area (Å²) in [7, 11) is 0. The number of fused-ring (bicyclic) bond motifs is 4. The van der Waals surface area contributed by atoms with Crippen molar-refractivity contribution in [2.45, 2.75) is 153 Å². The summed E-state index contributed by atoms with van der Waals surface area (Å²) in [5.74, 6) is 0.0530. The molecule has 0 amide bonds. The normalized spacial score (nSPS) is 51.7. The Morgan fingerprint density at radius 1 is 0.745 bits per heavy atom. The fraction of sp³-hybridized carbons (Fsp3) is 0.821. The van der Waals surface area contributed by atoms with Crippen molar-refractivity contribution in [3.63, 3.8) is 0 Å². The van der Waals surface area contributed by atoms with Gasteiger partial charge in [-0.1, -0.05) is 39.3 Å². The highest BCUT2D eigenvalue weighted by Crippen LogP contribution is 2.63. The highest BCUT2D eigenvalue weighted by atomic mass is 35.5. The second-order valence-corrected chi connectivity index (χ2v) is 17.9. The molecule has 10 aliphatic rings. The topological polar surface area (TPSA) is 109 Å². The van der Waals surface area contributed by atoms with Crippen molar-refractivity contribution < 1.29 is 52.8 Å². The second-order valence-electron chi connectivity index (χ2n) is 17.5. The molecule has 8 heterocycles. The van der Waals surface area contributed by atoms with Crippen molar-refractivity contribution in [2.75, 3.05) is 0 Å². The van der Waals surface area contributed by atoms with Crippen LogP contribution in [-0.4, -0.2) is 59.8 Å². The molecule has 1 aromatic carbocycles. The maximum Gasteiger partial charge on any atom is 0.514 e. The Hall–Kier alpha value is -1.54. The molecular formula is C39H53ClO11. The van der Waals surface area contributed by atoms with Crippen LogP contribution in [0.1, 0.15) is 99.3 Å². The van der Waals surface area contributed by atoms with Gasteiger partial charge in [-0.05, 0) is 112 Å². The molecule has 282 valence electrons. The largest absolute Gasteiger partial charge is 0.514 e. The summed E-state index contributed by atoms with van der Waals surface area (Å²) in [5, 5.41) is 0.544. The van der Waals surface area contributed by atoms with E-state index >= 15 is 0 Å². The van der Waals surface area contributed by atoms with Crippen molar-refractivity contribution in [3.05, 3.63) is 29.3 Å². The average Bonchev–Trinajstić information content (AvgIpc) is 3.47. The van der Waals surface area contributed by atoms with Crippen molar-refractivity contribution in [1.82, 2.24) is 0 Å². The zero-order chi connectivity index (χ0) is 35.5. The highest BCUT2D eigenvalue weighted by molar-refractivity contribution is 6.30. The van der Waals surface area contributed by atoms with E-state index in [9.17, 15) is 4.79 Å². The summed E-state index contributed by atoms with van der Waals surface area (Å²) >= 11 is 6.10. The third kappa shape index (κ3) is 5.46. The van der Waals surface area contributed by atoms with Gasteiger partial charge in [-0.25, -0.2) is 24.3 Å². The van der Waals surface area contributed by atoms with Gasteiger partial charge in [-0.15, -0.1) is 0 Å². The van der Waals surface area contributed by atoms with Crippen molar-refractivity contribution in [1.29, 1.82) is 0 Å². The predicted octanol–water partition coefficient (Wildman–Crippen LogP) is 8.12. The van der Waals surface area contributed by atoms with E-state index in [1.807, 2.05) is 13.8 Å². The van der Waals surface area contributed by atoms with E-state index in [2.05, 4.69) is 27.7 Å². The standard InChI is InChI=1S/C39H53ClO11/c1-20-7-13-28-22(3)30(43-33-38(28)26(20)15-17-36(5,46-33)48-50-38)19-31(44-35(41)42-25-11-9-24(40)10-12-25)32-23(4)29-14-8-21(2)27-16-18-37(6)47-34(45-32)39(27,29)51-49-37/h9-12,20-23,26-34H,7-8,13-19H2,1-6H3/t20-,21-,22-,23-,26+,27+,28+,29+,30-,31+,32+,33-,34-,36?,37?,38-,39-/m1/s1. The number of hydrogen-bond acceptors (Lipinski definition) is 11. The summed E-state index contributed by atoms with van der Waals surface area (Å²) in [6.45, 7) is 12.9. The molecule has 0 aromatic heterocycles. The molecule has 8 saturated heterocycles. The zero-order valence-corrected chi connectivity index (χ0v) is 31.3. The Bertz CT molecular complexity index is 1500. The van der Waals surface area contributed by atoms with Gasteiger partial charge < -0.3 is 28.4 Å². The maximum absolute atomic E-state index is 13.7. The first-order chi connectivity index (χ1) is 24.3. The van der Waals surface area contributed by atoms with Gasteiger partial charge in [-0.3, -0.25) is 0 Å². The number of rotatable bonds is 5. The van der Waals surface area contributed by atoms with Crippen molar-refractivity contribution >= 4 is 17.8 Å². The lowest BCUT2D eigenvalue weighted by molar-refractivity contribution is -0.573. The lowest BCUT2D eigenvalue weighted by Gasteiger charge is -2.62. The molecule has 2 spiro atoms. The second kappa shape index (κ2) is 12.5. The maximum atomic E-state index is 13.7. The van der Waals surface area contributed by atoms with Crippen LogP contribution >= 0.6 is 11.6 Å². The Labute approximate surface area is 305 Å². The molecule has 8 aliphatic heterocycles. The summed E-state index contributed by atoms with van der Waals surface area (Å²) in [6.07, 6.45) is 4.06. The summed E-state index contributed by atoms with van der Waals surface area (Å²) in [6, 6.07) is 6.64. The predicted molar refractivity (Wildman–Crippen MR) is 181 cm³/mol. The van der Waals surface area contributed by atoms with Crippen LogP contribution in [0.2, 0.25) is 5.02 Å². The van der Waals surface area contributed by atoms with Gasteiger partial charge in [0.15, 0.2) is 23.8 Å². The molecule has 4 bridgehead atoms. The Kier molecular flexibility index (Phi) is 8.62. The van der Waals surface area contributed by atoms with E-state index in [-0.39, 0.29) is 41.6 Å². The van der Waals surface area contributed by atoms with E-state index in [1.165, 1.54) is 0 Å². The van der Waals surface area contributed by atoms with E-state index in [4.69, 9.17) is 59.6 Å². The first kappa shape index (κ1) is 35.2. The number of benzene rings is 1. The molecule has 0 N–H and O–H groups in total. The minimum atomic E-state index is -0.926. The molecule has 51 heavy (non-hydrogen) atoms. The smallest absolute Gasteiger partial charge is 0.428 e. The molecule has 11 nitrogen and oxygen atoms in total. The van der Waals surface area contributed by atoms with E-state index in [0.29, 0.717) is 35.4 Å². The molecule has 17 atom stereocenters. The van der Waals surface area contributed by atoms with E-state index in [0.717, 1.165) is 44.9 Å². The molecular weight excluding hydrogens is 680 g/mol. The molecule has 11 rings (SSSR count). The van der Waals surface area contributed by atoms with Gasteiger partial charge in [0.2, 0.25) is 11.6 Å². The van der Waals surface area contributed by atoms with Crippen LogP contribution in [0.25, 0.3) is 0 Å². The lowest BCUT2D eigenvalue weighted by atomic mass is 9.56. The van der Waals surface area contributed by atoms with Crippen LogP contribution in [0.3, 0.4) is 0 Å². The SMILES string of the molecule is C[C@H]1[C@@H]([C@H](C[C@H]2O[C@@H]3OC4(C)CC[C@H]5[C@H](C)CC[C@@H]([C@H]2C)[C@@]35OO4)OC(=O)Oc2ccc(Cl)cc2)O[C@@H]2OC3(C)CC[C@H]4[C@H](C)CC[C@@H]1[C@@]24OO3. The number of hydrogen-bond donors (Lipinski definition) is 0. The molecule has 2 unspecified atom stereocenters. The third-order valence-corrected chi connectivity index (χ3v) is 14.8. The summed E-state index contributed by atoms with van der Waals surface area (Å²) in [5.41, 5.74) is -1.44. The van der Waals surface area contributed by atoms with Gasteiger partial charge in [0.25, 0.3) is 0 Å². The van der Waals surface area contributed by atoms with Crippen LogP contribution in [0, 0.1) is 47.3 Å². The van der Waals surface area contributed by atoms with Crippen LogP contribution in [0.4, 0.5) is 4.79 Å².